The van der Waals surface area contributed by atoms with Gasteiger partial charge in [0.25, 0.3) is 0 Å². The highest BCUT2D eigenvalue weighted by Gasteiger charge is 2.51. The molecule has 3 aromatic heterocycles. The minimum Gasteiger partial charge on any atom is -0.376 e. The molecule has 0 aliphatic heterocycles. The van der Waals surface area contributed by atoms with E-state index < -0.39 is 27.8 Å². The number of fused-ring (bicyclic) bond motifs is 1. The van der Waals surface area contributed by atoms with Gasteiger partial charge in [0.1, 0.15) is 0 Å². The summed E-state index contributed by atoms with van der Waals surface area (Å²) in [6, 6.07) is 17.4. The summed E-state index contributed by atoms with van der Waals surface area (Å²) in [6.07, 6.45) is -2.49. The fourth-order valence-corrected chi connectivity index (χ4v) is 7.22. The van der Waals surface area contributed by atoms with Gasteiger partial charge in [0.2, 0.25) is 15.6 Å². The van der Waals surface area contributed by atoms with Gasteiger partial charge in [-0.15, -0.1) is 11.3 Å². The van der Waals surface area contributed by atoms with Gasteiger partial charge in [-0.25, -0.2) is 8.42 Å². The number of thiophene rings is 1. The minimum absolute atomic E-state index is 0.124. The van der Waals surface area contributed by atoms with Gasteiger partial charge in [-0.05, 0) is 53.8 Å². The number of nitrogens with one attached hydrogen (secondary N) is 1. The van der Waals surface area contributed by atoms with Crippen molar-refractivity contribution in [2.75, 3.05) is 0 Å². The lowest BCUT2D eigenvalue weighted by atomic mass is 9.94. The molecular formula is C29H23ClF3N3O4S2. The monoisotopic (exact) mass is 633 g/mol. The second kappa shape index (κ2) is 10.9. The van der Waals surface area contributed by atoms with Crippen LogP contribution in [-0.2, 0) is 22.7 Å². The molecule has 0 spiro atoms. The minimum atomic E-state index is -4.90. The van der Waals surface area contributed by atoms with Crippen molar-refractivity contribution in [3.8, 4) is 11.3 Å². The Morgan fingerprint density at radius 1 is 1.05 bits per heavy atom. The third-order valence-electron chi connectivity index (χ3n) is 6.86. The van der Waals surface area contributed by atoms with Gasteiger partial charge in [-0.3, -0.25) is 9.78 Å². The number of hydrogen-bond acceptors (Lipinski definition) is 6. The van der Waals surface area contributed by atoms with Crippen LogP contribution in [0.3, 0.4) is 0 Å². The third kappa shape index (κ3) is 5.60. The van der Waals surface area contributed by atoms with Crippen LogP contribution in [0, 0.1) is 0 Å². The Labute approximate surface area is 247 Å². The predicted molar refractivity (Wildman–Crippen MR) is 156 cm³/mol. The zero-order chi connectivity index (χ0) is 30.4. The van der Waals surface area contributed by atoms with Crippen LogP contribution in [0.25, 0.3) is 21.3 Å². The first-order valence-corrected chi connectivity index (χ1v) is 15.1. The Kier molecular flexibility index (Phi) is 7.79. The molecule has 2 N–H and O–H groups in total. The van der Waals surface area contributed by atoms with Gasteiger partial charge in [0.05, 0.1) is 16.6 Å². The van der Waals surface area contributed by atoms with Crippen LogP contribution in [0.2, 0.25) is 5.02 Å². The van der Waals surface area contributed by atoms with E-state index in [0.29, 0.717) is 38.0 Å². The summed E-state index contributed by atoms with van der Waals surface area (Å²) in [5.41, 5.74) is -2.65. The molecule has 7 nitrogen and oxygen atoms in total. The van der Waals surface area contributed by atoms with Crippen molar-refractivity contribution < 1.29 is 26.7 Å². The van der Waals surface area contributed by atoms with Crippen molar-refractivity contribution in [3.63, 3.8) is 0 Å². The standard InChI is InChI=1S/C29H23ClF3N3O4S2/c1-28(38,29(31,32)33)18-12-13-34-23(15-18)21-8-5-6-17-14-24(41-27(17)21)26(20-7-3-4-9-22(20)30)35-42(39,40)19-10-11-25(37)36(2)16-19/h3-16,26,35,38H,1-2H3/t26-,28?/m1/s1. The van der Waals surface area contributed by atoms with E-state index in [2.05, 4.69) is 9.71 Å². The molecule has 1 unspecified atom stereocenters. The summed E-state index contributed by atoms with van der Waals surface area (Å²) in [5, 5.41) is 11.2. The van der Waals surface area contributed by atoms with E-state index in [1.807, 2.05) is 0 Å². The molecule has 0 radical (unpaired) electrons. The normalized spacial score (nSPS) is 14.5. The SMILES string of the molecule is Cn1cc(S(=O)(=O)N[C@@H](c2cc3cccc(-c4cc(C(C)(O)C(F)(F)F)ccn4)c3s2)c2ccccc2Cl)ccc1=O. The molecule has 0 aliphatic carbocycles. The Hall–Kier alpha value is -3.55. The van der Waals surface area contributed by atoms with Crippen LogP contribution in [-0.4, -0.2) is 29.3 Å². The van der Waals surface area contributed by atoms with Crippen molar-refractivity contribution in [2.45, 2.75) is 29.6 Å². The van der Waals surface area contributed by atoms with E-state index in [4.69, 9.17) is 11.6 Å². The second-order valence-corrected chi connectivity index (χ2v) is 13.0. The van der Waals surface area contributed by atoms with Crippen molar-refractivity contribution in [1.82, 2.24) is 14.3 Å². The van der Waals surface area contributed by atoms with Crippen molar-refractivity contribution in [3.05, 3.63) is 117 Å². The number of rotatable bonds is 7. The quantitative estimate of drug-likeness (QED) is 0.224. The van der Waals surface area contributed by atoms with Crippen LogP contribution in [0.5, 0.6) is 0 Å². The molecule has 0 fully saturated rings. The maximum absolute atomic E-state index is 13.5. The highest BCUT2D eigenvalue weighted by Crippen LogP contribution is 2.42. The molecule has 2 aromatic carbocycles. The van der Waals surface area contributed by atoms with Gasteiger partial charge >= 0.3 is 6.18 Å². The summed E-state index contributed by atoms with van der Waals surface area (Å²) < 4.78 is 72.1. The molecule has 0 amide bonds. The zero-order valence-corrected chi connectivity index (χ0v) is 24.4. The van der Waals surface area contributed by atoms with Crippen LogP contribution in [0.15, 0.2) is 94.9 Å². The number of pyridine rings is 2. The molecule has 13 heteroatoms. The van der Waals surface area contributed by atoms with Gasteiger partial charge < -0.3 is 9.67 Å². The maximum atomic E-state index is 13.5. The van der Waals surface area contributed by atoms with Crippen molar-refractivity contribution >= 4 is 43.0 Å². The smallest absolute Gasteiger partial charge is 0.376 e. The molecule has 42 heavy (non-hydrogen) atoms. The van der Waals surface area contributed by atoms with Crippen LogP contribution < -0.4 is 10.3 Å². The molecule has 0 saturated carbocycles. The Morgan fingerprint density at radius 3 is 2.48 bits per heavy atom. The number of aliphatic hydroxyl groups is 1. The summed E-state index contributed by atoms with van der Waals surface area (Å²) in [7, 11) is -2.71. The largest absolute Gasteiger partial charge is 0.421 e. The predicted octanol–water partition coefficient (Wildman–Crippen LogP) is 6.15. The summed E-state index contributed by atoms with van der Waals surface area (Å²) in [5.74, 6) is 0. The number of nitrogens with zero attached hydrogens (tertiary/aromatic N) is 2. The summed E-state index contributed by atoms with van der Waals surface area (Å²) in [4.78, 5) is 16.5. The fourth-order valence-electron chi connectivity index (χ4n) is 4.41. The fraction of sp³-hybridized carbons (Fsp3) is 0.172. The number of hydrogen-bond donors (Lipinski definition) is 2. The summed E-state index contributed by atoms with van der Waals surface area (Å²) >= 11 is 7.74. The molecule has 5 aromatic rings. The number of alkyl halides is 3. The molecule has 3 heterocycles. The van der Waals surface area contributed by atoms with Gasteiger partial charge in [0.15, 0.2) is 5.60 Å². The molecule has 0 aliphatic rings. The van der Waals surface area contributed by atoms with E-state index in [-0.39, 0.29) is 21.7 Å². The summed E-state index contributed by atoms with van der Waals surface area (Å²) in [6.45, 7) is 0.681. The zero-order valence-electron chi connectivity index (χ0n) is 22.1. The van der Waals surface area contributed by atoms with E-state index >= 15 is 0 Å². The van der Waals surface area contributed by atoms with Gasteiger partial charge in [-0.2, -0.15) is 17.9 Å². The van der Waals surface area contributed by atoms with E-state index in [1.54, 1.807) is 48.5 Å². The van der Waals surface area contributed by atoms with Crippen molar-refractivity contribution in [1.29, 1.82) is 0 Å². The average molecular weight is 634 g/mol. The lowest BCUT2D eigenvalue weighted by Gasteiger charge is -2.26. The van der Waals surface area contributed by atoms with E-state index in [9.17, 15) is 31.5 Å². The first kappa shape index (κ1) is 29.9. The maximum Gasteiger partial charge on any atom is 0.421 e. The van der Waals surface area contributed by atoms with E-state index in [0.717, 1.165) is 16.7 Å². The number of aryl methyl sites for hydroxylation is 1. The van der Waals surface area contributed by atoms with Gasteiger partial charge in [-0.1, -0.05) is 48.0 Å². The first-order valence-electron chi connectivity index (χ1n) is 12.4. The second-order valence-electron chi connectivity index (χ2n) is 9.76. The Balaban J connectivity index is 1.64. The van der Waals surface area contributed by atoms with Crippen LogP contribution in [0.1, 0.15) is 29.0 Å². The average Bonchev–Trinajstić information content (AvgIpc) is 3.37. The highest BCUT2D eigenvalue weighted by molar-refractivity contribution is 7.89. The lowest BCUT2D eigenvalue weighted by molar-refractivity contribution is -0.258. The van der Waals surface area contributed by atoms with Gasteiger partial charge in [0, 0.05) is 45.7 Å². The molecule has 0 bridgehead atoms. The number of benzene rings is 2. The molecule has 2 atom stereocenters. The van der Waals surface area contributed by atoms with Crippen LogP contribution >= 0.6 is 22.9 Å². The lowest BCUT2D eigenvalue weighted by Crippen LogP contribution is -2.39. The molecule has 5 rings (SSSR count). The topological polar surface area (TPSA) is 101 Å². The molecular weight excluding hydrogens is 611 g/mol. The Morgan fingerprint density at radius 2 is 1.79 bits per heavy atom. The first-order chi connectivity index (χ1) is 19.7. The third-order valence-corrected chi connectivity index (χ3v) is 9.86. The van der Waals surface area contributed by atoms with E-state index in [1.165, 1.54) is 42.9 Å². The Bertz CT molecular complexity index is 1970. The molecule has 218 valence electrons. The number of aromatic nitrogens is 2. The highest BCUT2D eigenvalue weighted by atomic mass is 35.5. The number of sulfonamides is 1. The number of halogens is 4. The van der Waals surface area contributed by atoms with Crippen LogP contribution in [0.4, 0.5) is 13.2 Å². The molecule has 0 saturated heterocycles. The van der Waals surface area contributed by atoms with Crippen molar-refractivity contribution in [2.24, 2.45) is 7.05 Å².